The first-order chi connectivity index (χ1) is 16.0. The largest absolute Gasteiger partial charge is 0.491 e. The molecular formula is C25H27N5O3. The molecule has 8 nitrogen and oxygen atoms in total. The fourth-order valence-electron chi connectivity index (χ4n) is 5.76. The van der Waals surface area contributed by atoms with Gasteiger partial charge in [0.25, 0.3) is 0 Å². The van der Waals surface area contributed by atoms with E-state index in [1.807, 2.05) is 30.5 Å². The van der Waals surface area contributed by atoms with Gasteiger partial charge in [-0.2, -0.15) is 5.26 Å². The van der Waals surface area contributed by atoms with Crippen LogP contribution >= 0.6 is 0 Å². The summed E-state index contributed by atoms with van der Waals surface area (Å²) in [5.41, 5.74) is 7.87. The van der Waals surface area contributed by atoms with Crippen molar-refractivity contribution in [3.8, 4) is 22.9 Å². The van der Waals surface area contributed by atoms with Crippen LogP contribution in [0.2, 0.25) is 0 Å². The summed E-state index contributed by atoms with van der Waals surface area (Å²) in [7, 11) is 0. The molecule has 3 aliphatic rings. The molecule has 1 aliphatic carbocycles. The van der Waals surface area contributed by atoms with Crippen molar-refractivity contribution in [2.24, 2.45) is 0 Å². The highest BCUT2D eigenvalue weighted by atomic mass is 16.6. The summed E-state index contributed by atoms with van der Waals surface area (Å²) in [6, 6.07) is 10.1. The molecule has 8 heteroatoms. The van der Waals surface area contributed by atoms with Crippen LogP contribution in [0.1, 0.15) is 51.0 Å². The van der Waals surface area contributed by atoms with Gasteiger partial charge in [-0.05, 0) is 56.2 Å². The van der Waals surface area contributed by atoms with Crippen LogP contribution in [0.15, 0.2) is 36.8 Å². The number of nitrogen functional groups attached to an aromatic ring is 1. The second-order valence-electron chi connectivity index (χ2n) is 9.85. The van der Waals surface area contributed by atoms with E-state index in [2.05, 4.69) is 20.6 Å². The standard InChI is InChI=1S/C25H27N5O3/c26-9-8-24(31)11-17(12-24)30-13-20(21-22(27)28-15-29-23(21)30)16-2-1-3-19(10-16)32-14-25-6-4-18(33-25)5-7-25/h1-3,10,13,15,17-18,31H,4-8,11-12,14H2,(H2,27,28,29). The van der Waals surface area contributed by atoms with Crippen molar-refractivity contribution in [1.82, 2.24) is 14.5 Å². The van der Waals surface area contributed by atoms with Crippen molar-refractivity contribution in [3.05, 3.63) is 36.8 Å². The molecule has 33 heavy (non-hydrogen) atoms. The number of hydrogen-bond donors (Lipinski definition) is 2. The number of benzene rings is 1. The highest BCUT2D eigenvalue weighted by molar-refractivity contribution is 6.00. The molecule has 170 valence electrons. The summed E-state index contributed by atoms with van der Waals surface area (Å²) in [6.07, 6.45) is 9.47. The molecular weight excluding hydrogens is 418 g/mol. The Bertz CT molecular complexity index is 1250. The van der Waals surface area contributed by atoms with Crippen LogP contribution in [0, 0.1) is 11.3 Å². The molecule has 2 bridgehead atoms. The number of nitriles is 1. The van der Waals surface area contributed by atoms with E-state index in [1.54, 1.807) is 0 Å². The zero-order valence-electron chi connectivity index (χ0n) is 18.4. The van der Waals surface area contributed by atoms with Crippen molar-refractivity contribution in [1.29, 1.82) is 5.26 Å². The third kappa shape index (κ3) is 3.43. The number of hydrogen-bond acceptors (Lipinski definition) is 7. The molecule has 2 aromatic heterocycles. The lowest BCUT2D eigenvalue weighted by atomic mass is 9.74. The van der Waals surface area contributed by atoms with Gasteiger partial charge in [0, 0.05) is 17.8 Å². The molecule has 3 fully saturated rings. The van der Waals surface area contributed by atoms with Crippen molar-refractivity contribution >= 4 is 16.9 Å². The van der Waals surface area contributed by atoms with Gasteiger partial charge in [-0.3, -0.25) is 0 Å². The van der Waals surface area contributed by atoms with Gasteiger partial charge in [0.1, 0.15) is 35.7 Å². The van der Waals surface area contributed by atoms with Crippen LogP contribution in [-0.2, 0) is 4.74 Å². The monoisotopic (exact) mass is 445 g/mol. The van der Waals surface area contributed by atoms with Gasteiger partial charge in [-0.1, -0.05) is 12.1 Å². The number of aliphatic hydroxyl groups is 1. The molecule has 1 saturated carbocycles. The molecule has 0 spiro atoms. The van der Waals surface area contributed by atoms with E-state index >= 15 is 0 Å². The van der Waals surface area contributed by atoms with Crippen LogP contribution in [0.4, 0.5) is 5.82 Å². The molecule has 0 unspecified atom stereocenters. The van der Waals surface area contributed by atoms with Gasteiger partial charge in [-0.15, -0.1) is 0 Å². The maximum atomic E-state index is 10.5. The SMILES string of the molecule is N#CCC1(O)CC(n2cc(-c3cccc(OCC45CCC(CC4)O5)c3)c3c(N)ncnc32)C1. The number of ether oxygens (including phenoxy) is 2. The molecule has 0 atom stereocenters. The van der Waals surface area contributed by atoms with Crippen molar-refractivity contribution in [2.75, 3.05) is 12.3 Å². The third-order valence-electron chi connectivity index (χ3n) is 7.58. The molecule has 6 rings (SSSR count). The lowest BCUT2D eigenvalue weighted by Crippen LogP contribution is -2.44. The number of anilines is 1. The highest BCUT2D eigenvalue weighted by Crippen LogP contribution is 2.47. The number of aromatic nitrogens is 3. The minimum Gasteiger partial charge on any atom is -0.491 e. The number of fused-ring (bicyclic) bond motifs is 3. The lowest BCUT2D eigenvalue weighted by Gasteiger charge is -2.43. The van der Waals surface area contributed by atoms with E-state index in [1.165, 1.54) is 6.33 Å². The zero-order chi connectivity index (χ0) is 22.6. The number of nitrogens with two attached hydrogens (primary N) is 1. The van der Waals surface area contributed by atoms with E-state index in [-0.39, 0.29) is 18.1 Å². The summed E-state index contributed by atoms with van der Waals surface area (Å²) in [6.45, 7) is 0.569. The van der Waals surface area contributed by atoms with E-state index < -0.39 is 5.60 Å². The minimum atomic E-state index is -0.927. The van der Waals surface area contributed by atoms with Gasteiger partial charge in [0.2, 0.25) is 0 Å². The van der Waals surface area contributed by atoms with E-state index in [4.69, 9.17) is 20.5 Å². The summed E-state index contributed by atoms with van der Waals surface area (Å²) in [4.78, 5) is 8.72. The summed E-state index contributed by atoms with van der Waals surface area (Å²) in [5, 5.41) is 20.3. The first-order valence-corrected chi connectivity index (χ1v) is 11.6. The van der Waals surface area contributed by atoms with Gasteiger partial charge >= 0.3 is 0 Å². The van der Waals surface area contributed by atoms with Crippen LogP contribution in [0.5, 0.6) is 5.75 Å². The number of nitrogens with zero attached hydrogens (tertiary/aromatic N) is 4. The van der Waals surface area contributed by atoms with Crippen LogP contribution in [0.3, 0.4) is 0 Å². The Morgan fingerprint density at radius 1 is 1.27 bits per heavy atom. The maximum Gasteiger partial charge on any atom is 0.146 e. The Hall–Kier alpha value is -3.15. The smallest absolute Gasteiger partial charge is 0.146 e. The molecule has 3 N–H and O–H groups in total. The van der Waals surface area contributed by atoms with Gasteiger partial charge in [0.15, 0.2) is 0 Å². The maximum absolute atomic E-state index is 10.5. The first kappa shape index (κ1) is 20.5. The Kier molecular flexibility index (Phi) is 4.61. The molecule has 0 radical (unpaired) electrons. The Morgan fingerprint density at radius 3 is 2.82 bits per heavy atom. The second-order valence-corrected chi connectivity index (χ2v) is 9.85. The van der Waals surface area contributed by atoms with Crippen LogP contribution in [0.25, 0.3) is 22.2 Å². The zero-order valence-corrected chi connectivity index (χ0v) is 18.4. The fraction of sp³-hybridized carbons (Fsp3) is 0.480. The van der Waals surface area contributed by atoms with Crippen LogP contribution < -0.4 is 10.5 Å². The molecule has 2 saturated heterocycles. The average Bonchev–Trinajstić information content (AvgIpc) is 3.50. The van der Waals surface area contributed by atoms with E-state index in [9.17, 15) is 5.11 Å². The molecule has 4 heterocycles. The van der Waals surface area contributed by atoms with Crippen molar-refractivity contribution in [3.63, 3.8) is 0 Å². The van der Waals surface area contributed by atoms with Gasteiger partial charge in [-0.25, -0.2) is 9.97 Å². The van der Waals surface area contributed by atoms with Gasteiger partial charge < -0.3 is 24.9 Å². The molecule has 3 aromatic rings. The third-order valence-corrected chi connectivity index (χ3v) is 7.58. The topological polar surface area (TPSA) is 119 Å². The summed E-state index contributed by atoms with van der Waals surface area (Å²) in [5.74, 6) is 1.21. The summed E-state index contributed by atoms with van der Waals surface area (Å²) < 4.78 is 14.4. The lowest BCUT2D eigenvalue weighted by molar-refractivity contribution is -0.0620. The highest BCUT2D eigenvalue weighted by Gasteiger charge is 2.47. The van der Waals surface area contributed by atoms with E-state index in [0.717, 1.165) is 53.6 Å². The number of rotatable bonds is 6. The van der Waals surface area contributed by atoms with E-state index in [0.29, 0.717) is 31.4 Å². The normalized spacial score (nSPS) is 30.3. The Labute approximate surface area is 192 Å². The van der Waals surface area contributed by atoms with Gasteiger partial charge in [0.05, 0.1) is 29.6 Å². The molecule has 0 amide bonds. The minimum absolute atomic E-state index is 0.0576. The van der Waals surface area contributed by atoms with Crippen LogP contribution in [-0.4, -0.2) is 43.6 Å². The Morgan fingerprint density at radius 2 is 2.09 bits per heavy atom. The van der Waals surface area contributed by atoms with Crippen molar-refractivity contribution < 1.29 is 14.6 Å². The predicted octanol–water partition coefficient (Wildman–Crippen LogP) is 3.75. The summed E-state index contributed by atoms with van der Waals surface area (Å²) >= 11 is 0. The van der Waals surface area contributed by atoms with Crippen molar-refractivity contribution in [2.45, 2.75) is 68.3 Å². The second kappa shape index (κ2) is 7.44. The Balaban J connectivity index is 1.31. The molecule has 2 aliphatic heterocycles. The average molecular weight is 446 g/mol. The predicted molar refractivity (Wildman–Crippen MR) is 122 cm³/mol. The fourth-order valence-corrected chi connectivity index (χ4v) is 5.76. The molecule has 1 aromatic carbocycles. The quantitative estimate of drug-likeness (QED) is 0.593. The first-order valence-electron chi connectivity index (χ1n) is 11.6.